The van der Waals surface area contributed by atoms with Crippen molar-refractivity contribution in [2.75, 3.05) is 0 Å². The summed E-state index contributed by atoms with van der Waals surface area (Å²) in [5, 5.41) is 0. The fourth-order valence-corrected chi connectivity index (χ4v) is 8.46. The standard InChI is InChI=1S/C56H34F8/c1-31-27-39(29-40(28-31)46-51(59)55(63)48(56(64)52(46)60)47-53(61)49(57)32(2)50(58)54(47)62)33-23-25-35(26-24-33)42-30-41(34-15-7-3-8-16-34)43(36-17-9-4-10-18-36)45(38-21-13-6-14-22-38)44(42)37-19-11-5-12-20-37/h3-30H,1-2H3. The molecule has 0 aliphatic carbocycles. The number of halogens is 8. The van der Waals surface area contributed by atoms with Crippen molar-refractivity contribution >= 4 is 0 Å². The van der Waals surface area contributed by atoms with Crippen molar-refractivity contribution in [3.05, 3.63) is 228 Å². The van der Waals surface area contributed by atoms with Crippen LogP contribution in [0.3, 0.4) is 0 Å². The minimum Gasteiger partial charge on any atom is -0.203 e. The van der Waals surface area contributed by atoms with E-state index in [0.717, 1.165) is 55.6 Å². The van der Waals surface area contributed by atoms with Crippen molar-refractivity contribution < 1.29 is 35.1 Å². The summed E-state index contributed by atoms with van der Waals surface area (Å²) < 4.78 is 122. The highest BCUT2D eigenvalue weighted by molar-refractivity contribution is 6.07. The number of rotatable bonds is 8. The first kappa shape index (κ1) is 41.8. The monoisotopic (exact) mass is 858 g/mol. The zero-order valence-electron chi connectivity index (χ0n) is 34.2. The lowest BCUT2D eigenvalue weighted by atomic mass is 9.79. The van der Waals surface area contributed by atoms with Crippen LogP contribution in [-0.4, -0.2) is 0 Å². The third-order valence-electron chi connectivity index (χ3n) is 11.5. The number of hydrogen-bond donors (Lipinski definition) is 0. The molecule has 0 aliphatic heterocycles. The van der Waals surface area contributed by atoms with E-state index in [4.69, 9.17) is 0 Å². The summed E-state index contributed by atoms with van der Waals surface area (Å²) in [5.41, 5.74) is 5.01. The van der Waals surface area contributed by atoms with E-state index >= 15 is 17.6 Å². The Balaban J connectivity index is 1.22. The molecule has 0 aromatic heterocycles. The molecule has 9 aromatic carbocycles. The van der Waals surface area contributed by atoms with Crippen LogP contribution < -0.4 is 0 Å². The second-order valence-corrected chi connectivity index (χ2v) is 15.5. The van der Waals surface area contributed by atoms with Gasteiger partial charge in [0.1, 0.15) is 0 Å². The minimum absolute atomic E-state index is 0.288. The molecule has 0 unspecified atom stereocenters. The third-order valence-corrected chi connectivity index (χ3v) is 11.5. The largest absolute Gasteiger partial charge is 0.203 e. The fraction of sp³-hybridized carbons (Fsp3) is 0.0357. The smallest absolute Gasteiger partial charge is 0.170 e. The van der Waals surface area contributed by atoms with Crippen LogP contribution >= 0.6 is 0 Å². The Morgan fingerprint density at radius 2 is 0.562 bits per heavy atom. The third kappa shape index (κ3) is 7.24. The molecule has 0 nitrogen and oxygen atoms in total. The van der Waals surface area contributed by atoms with E-state index < -0.39 is 68.8 Å². The molecule has 9 rings (SSSR count). The van der Waals surface area contributed by atoms with E-state index in [1.54, 1.807) is 13.0 Å². The van der Waals surface area contributed by atoms with Gasteiger partial charge in [-0.15, -0.1) is 0 Å². The van der Waals surface area contributed by atoms with Crippen LogP contribution in [0, 0.1) is 60.4 Å². The van der Waals surface area contributed by atoms with E-state index in [0.29, 0.717) is 23.6 Å². The zero-order valence-corrected chi connectivity index (χ0v) is 34.2. The first-order valence-electron chi connectivity index (χ1n) is 20.3. The van der Waals surface area contributed by atoms with E-state index in [9.17, 15) is 17.6 Å². The Bertz CT molecular complexity index is 3160. The summed E-state index contributed by atoms with van der Waals surface area (Å²) in [6.45, 7) is 2.33. The molecule has 0 fully saturated rings. The number of benzene rings is 9. The van der Waals surface area contributed by atoms with E-state index in [2.05, 4.69) is 54.6 Å². The highest BCUT2D eigenvalue weighted by Crippen LogP contribution is 2.50. The van der Waals surface area contributed by atoms with Crippen LogP contribution in [0.15, 0.2) is 170 Å². The van der Waals surface area contributed by atoms with Gasteiger partial charge in [0.05, 0.1) is 16.7 Å². The fourth-order valence-electron chi connectivity index (χ4n) is 8.46. The Morgan fingerprint density at radius 1 is 0.234 bits per heavy atom. The predicted molar refractivity (Wildman–Crippen MR) is 239 cm³/mol. The first-order chi connectivity index (χ1) is 30.9. The van der Waals surface area contributed by atoms with Crippen LogP contribution in [0.4, 0.5) is 35.1 Å². The highest BCUT2D eigenvalue weighted by atomic mass is 19.2. The van der Waals surface area contributed by atoms with Crippen molar-refractivity contribution in [3.8, 4) is 89.0 Å². The van der Waals surface area contributed by atoms with Gasteiger partial charge in [0.15, 0.2) is 46.5 Å². The summed E-state index contributed by atoms with van der Waals surface area (Å²) in [6, 6.07) is 54.8. The predicted octanol–water partition coefficient (Wildman–Crippen LogP) is 16.8. The van der Waals surface area contributed by atoms with Crippen molar-refractivity contribution in [3.63, 3.8) is 0 Å². The van der Waals surface area contributed by atoms with Gasteiger partial charge in [-0.05, 0) is 104 Å². The maximum absolute atomic E-state index is 15.9. The van der Waals surface area contributed by atoms with Crippen LogP contribution in [-0.2, 0) is 0 Å². The number of hydrogen-bond acceptors (Lipinski definition) is 0. The van der Waals surface area contributed by atoms with Gasteiger partial charge in [-0.1, -0.05) is 158 Å². The summed E-state index contributed by atoms with van der Waals surface area (Å²) in [5.74, 6) is -16.8. The Hall–Kier alpha value is -7.58. The topological polar surface area (TPSA) is 0 Å². The van der Waals surface area contributed by atoms with E-state index in [1.807, 2.05) is 97.1 Å². The minimum atomic E-state index is -2.22. The van der Waals surface area contributed by atoms with Gasteiger partial charge in [-0.2, -0.15) is 0 Å². The van der Waals surface area contributed by atoms with Gasteiger partial charge in [0.2, 0.25) is 0 Å². The molecule has 0 bridgehead atoms. The molecule has 0 spiro atoms. The molecule has 8 heteroatoms. The highest BCUT2D eigenvalue weighted by Gasteiger charge is 2.34. The van der Waals surface area contributed by atoms with Crippen LogP contribution in [0.1, 0.15) is 11.1 Å². The van der Waals surface area contributed by atoms with Crippen LogP contribution in [0.2, 0.25) is 0 Å². The molecule has 0 aliphatic rings. The molecule has 0 saturated carbocycles. The lowest BCUT2D eigenvalue weighted by Gasteiger charge is -2.24. The van der Waals surface area contributed by atoms with Gasteiger partial charge >= 0.3 is 0 Å². The molecular formula is C56H34F8. The van der Waals surface area contributed by atoms with E-state index in [-0.39, 0.29) is 5.56 Å². The second kappa shape index (κ2) is 16.9. The summed E-state index contributed by atoms with van der Waals surface area (Å²) >= 11 is 0. The maximum Gasteiger partial charge on any atom is 0.170 e. The Kier molecular flexibility index (Phi) is 11.1. The molecule has 0 N–H and O–H groups in total. The molecule has 0 saturated heterocycles. The molecule has 9 aromatic rings. The van der Waals surface area contributed by atoms with Crippen molar-refractivity contribution in [2.45, 2.75) is 13.8 Å². The van der Waals surface area contributed by atoms with Gasteiger partial charge in [0.25, 0.3) is 0 Å². The summed E-state index contributed by atoms with van der Waals surface area (Å²) in [4.78, 5) is 0. The molecule has 0 heterocycles. The lowest BCUT2D eigenvalue weighted by molar-refractivity contribution is 0.438. The molecule has 0 atom stereocenters. The van der Waals surface area contributed by atoms with Crippen molar-refractivity contribution in [1.82, 2.24) is 0 Å². The molecule has 0 radical (unpaired) electrons. The van der Waals surface area contributed by atoms with Crippen molar-refractivity contribution in [1.29, 1.82) is 0 Å². The summed E-state index contributed by atoms with van der Waals surface area (Å²) in [7, 11) is 0. The molecule has 314 valence electrons. The second-order valence-electron chi connectivity index (χ2n) is 15.5. The molecule has 64 heavy (non-hydrogen) atoms. The Labute approximate surface area is 364 Å². The van der Waals surface area contributed by atoms with Crippen LogP contribution in [0.25, 0.3) is 89.0 Å². The molecular weight excluding hydrogens is 825 g/mol. The average Bonchev–Trinajstić information content (AvgIpc) is 3.33. The first-order valence-corrected chi connectivity index (χ1v) is 20.3. The number of aryl methyl sites for hydroxylation is 1. The van der Waals surface area contributed by atoms with Crippen molar-refractivity contribution in [2.24, 2.45) is 0 Å². The Morgan fingerprint density at radius 3 is 1.00 bits per heavy atom. The van der Waals surface area contributed by atoms with Gasteiger partial charge < -0.3 is 0 Å². The SMILES string of the molecule is Cc1cc(-c2ccc(-c3cc(-c4ccccc4)c(-c4ccccc4)c(-c4ccccc4)c3-c3ccccc3)cc2)cc(-c2c(F)c(F)c(-c3c(F)c(F)c(C)c(F)c3F)c(F)c2F)c1. The zero-order chi connectivity index (χ0) is 44.8. The molecule has 0 amide bonds. The lowest BCUT2D eigenvalue weighted by Crippen LogP contribution is -2.09. The quantitative estimate of drug-likeness (QED) is 0.105. The van der Waals surface area contributed by atoms with Gasteiger partial charge in [0, 0.05) is 5.56 Å². The maximum atomic E-state index is 15.9. The average molecular weight is 859 g/mol. The van der Waals surface area contributed by atoms with Gasteiger partial charge in [-0.3, -0.25) is 0 Å². The van der Waals surface area contributed by atoms with Crippen LogP contribution in [0.5, 0.6) is 0 Å². The van der Waals surface area contributed by atoms with E-state index in [1.165, 1.54) is 12.1 Å². The summed E-state index contributed by atoms with van der Waals surface area (Å²) in [6.07, 6.45) is 0. The van der Waals surface area contributed by atoms with Gasteiger partial charge in [-0.25, -0.2) is 35.1 Å². The normalized spacial score (nSPS) is 11.3.